The van der Waals surface area contributed by atoms with Crippen LogP contribution in [0, 0.1) is 0 Å². The van der Waals surface area contributed by atoms with Crippen LogP contribution in [0.1, 0.15) is 34.8 Å². The van der Waals surface area contributed by atoms with Crippen molar-refractivity contribution < 1.29 is 28.8 Å². The SMILES string of the molecule is COc1ccc(OC)c(CCNC(=O)[C@]2(Cc3ccccc3)N=C(c3ccc(OCCCO)cc3)O[C@@H]2c2ccc(Cl)cc2Cl)c1. The number of rotatable bonds is 14. The molecule has 5 rings (SSSR count). The van der Waals surface area contributed by atoms with E-state index >= 15 is 0 Å². The molecule has 1 amide bonds. The van der Waals surface area contributed by atoms with E-state index in [0.29, 0.717) is 70.3 Å². The molecular weight excluding hydrogens is 627 g/mol. The van der Waals surface area contributed by atoms with Crippen molar-refractivity contribution in [1.82, 2.24) is 5.32 Å². The van der Waals surface area contributed by atoms with Gasteiger partial charge in [-0.2, -0.15) is 0 Å². The Kier molecular flexibility index (Phi) is 11.1. The predicted molar refractivity (Wildman–Crippen MR) is 180 cm³/mol. The van der Waals surface area contributed by atoms with E-state index in [2.05, 4.69) is 5.32 Å². The van der Waals surface area contributed by atoms with E-state index < -0.39 is 11.6 Å². The zero-order valence-electron chi connectivity index (χ0n) is 25.7. The molecule has 46 heavy (non-hydrogen) atoms. The minimum Gasteiger partial charge on any atom is -0.497 e. The Bertz CT molecular complexity index is 1670. The molecule has 0 bridgehead atoms. The Hall–Kier alpha value is -4.24. The van der Waals surface area contributed by atoms with Gasteiger partial charge >= 0.3 is 0 Å². The van der Waals surface area contributed by atoms with E-state index in [1.165, 1.54) is 0 Å². The molecule has 0 saturated heterocycles. The van der Waals surface area contributed by atoms with E-state index in [4.69, 9.17) is 52.2 Å². The number of hydrogen-bond acceptors (Lipinski definition) is 7. The third-order valence-electron chi connectivity index (χ3n) is 7.76. The monoisotopic (exact) mass is 662 g/mol. The number of aliphatic imine (C=N–C) groups is 1. The van der Waals surface area contributed by atoms with Crippen LogP contribution >= 0.6 is 23.2 Å². The number of carbonyl (C=O) groups excluding carboxylic acids is 1. The van der Waals surface area contributed by atoms with Crippen molar-refractivity contribution in [3.05, 3.63) is 123 Å². The summed E-state index contributed by atoms with van der Waals surface area (Å²) in [4.78, 5) is 19.6. The van der Waals surface area contributed by atoms with Crippen molar-refractivity contribution in [2.75, 3.05) is 34.0 Å². The molecule has 1 aliphatic rings. The number of nitrogens with zero attached hydrogens (tertiary/aromatic N) is 1. The van der Waals surface area contributed by atoms with Gasteiger partial charge in [-0.05, 0) is 72.1 Å². The fourth-order valence-corrected chi connectivity index (χ4v) is 5.93. The molecule has 0 saturated carbocycles. The Morgan fingerprint density at radius 1 is 0.957 bits per heavy atom. The van der Waals surface area contributed by atoms with Crippen molar-refractivity contribution in [3.8, 4) is 17.2 Å². The quantitative estimate of drug-likeness (QED) is 0.147. The number of aliphatic hydroxyl groups excluding tert-OH is 1. The number of nitrogens with one attached hydrogen (secondary N) is 1. The Morgan fingerprint density at radius 3 is 2.41 bits per heavy atom. The van der Waals surface area contributed by atoms with Crippen LogP contribution in [-0.2, 0) is 22.4 Å². The van der Waals surface area contributed by atoms with Gasteiger partial charge in [0.2, 0.25) is 5.90 Å². The van der Waals surface area contributed by atoms with Crippen molar-refractivity contribution in [1.29, 1.82) is 0 Å². The summed E-state index contributed by atoms with van der Waals surface area (Å²) < 4.78 is 23.2. The second-order valence-electron chi connectivity index (χ2n) is 10.8. The third-order valence-corrected chi connectivity index (χ3v) is 8.32. The van der Waals surface area contributed by atoms with Crippen LogP contribution in [0.25, 0.3) is 0 Å². The highest BCUT2D eigenvalue weighted by atomic mass is 35.5. The lowest BCUT2D eigenvalue weighted by Gasteiger charge is -2.31. The second-order valence-corrected chi connectivity index (χ2v) is 11.6. The Balaban J connectivity index is 1.52. The van der Waals surface area contributed by atoms with Gasteiger partial charge in [-0.1, -0.05) is 59.6 Å². The number of halogens is 2. The largest absolute Gasteiger partial charge is 0.497 e. The van der Waals surface area contributed by atoms with Crippen molar-refractivity contribution in [3.63, 3.8) is 0 Å². The number of aliphatic hydroxyl groups is 1. The maximum absolute atomic E-state index is 14.5. The normalized spacial score (nSPS) is 17.2. The number of ether oxygens (including phenoxy) is 4. The molecule has 0 spiro atoms. The smallest absolute Gasteiger partial charge is 0.252 e. The van der Waals surface area contributed by atoms with Crippen LogP contribution < -0.4 is 19.5 Å². The van der Waals surface area contributed by atoms with Gasteiger partial charge in [0.25, 0.3) is 5.91 Å². The average Bonchev–Trinajstić information content (AvgIpc) is 3.45. The topological polar surface area (TPSA) is 98.6 Å². The fraction of sp³-hybridized carbons (Fsp3) is 0.278. The molecule has 2 atom stereocenters. The van der Waals surface area contributed by atoms with Gasteiger partial charge < -0.3 is 29.4 Å². The summed E-state index contributed by atoms with van der Waals surface area (Å²) in [5, 5.41) is 13.0. The molecule has 240 valence electrons. The molecule has 4 aromatic rings. The zero-order chi connectivity index (χ0) is 32.5. The van der Waals surface area contributed by atoms with E-state index in [1.807, 2.05) is 72.8 Å². The summed E-state index contributed by atoms with van der Waals surface area (Å²) in [6.07, 6.45) is 0.412. The van der Waals surface area contributed by atoms with Gasteiger partial charge in [-0.3, -0.25) is 4.79 Å². The van der Waals surface area contributed by atoms with Crippen molar-refractivity contribution in [2.45, 2.75) is 30.9 Å². The highest BCUT2D eigenvalue weighted by Gasteiger charge is 2.53. The number of methoxy groups -OCH3 is 2. The van der Waals surface area contributed by atoms with Crippen LogP contribution in [-0.4, -0.2) is 56.4 Å². The minimum absolute atomic E-state index is 0.0516. The van der Waals surface area contributed by atoms with E-state index in [0.717, 1.165) is 11.1 Å². The molecule has 0 fully saturated rings. The van der Waals surface area contributed by atoms with Gasteiger partial charge in [-0.25, -0.2) is 4.99 Å². The molecule has 0 unspecified atom stereocenters. The number of benzene rings is 4. The first-order chi connectivity index (χ1) is 22.4. The molecule has 10 heteroatoms. The number of amides is 1. The van der Waals surface area contributed by atoms with Gasteiger partial charge in [0.05, 0.1) is 20.8 Å². The first-order valence-electron chi connectivity index (χ1n) is 15.0. The Labute approximate surface area is 278 Å². The molecule has 0 radical (unpaired) electrons. The van der Waals surface area contributed by atoms with Gasteiger partial charge in [-0.15, -0.1) is 0 Å². The van der Waals surface area contributed by atoms with Crippen LogP contribution in [0.15, 0.2) is 96.0 Å². The van der Waals surface area contributed by atoms with E-state index in [9.17, 15) is 4.79 Å². The molecule has 0 aromatic heterocycles. The Morgan fingerprint density at radius 2 is 1.72 bits per heavy atom. The molecule has 4 aromatic carbocycles. The predicted octanol–water partition coefficient (Wildman–Crippen LogP) is 6.63. The van der Waals surface area contributed by atoms with Crippen molar-refractivity contribution in [2.24, 2.45) is 4.99 Å². The molecule has 8 nitrogen and oxygen atoms in total. The summed E-state index contributed by atoms with van der Waals surface area (Å²) in [7, 11) is 3.22. The summed E-state index contributed by atoms with van der Waals surface area (Å²) in [6, 6.07) is 27.7. The highest BCUT2D eigenvalue weighted by molar-refractivity contribution is 6.35. The lowest BCUT2D eigenvalue weighted by Crippen LogP contribution is -2.50. The molecule has 2 N–H and O–H groups in total. The van der Waals surface area contributed by atoms with Gasteiger partial charge in [0.1, 0.15) is 17.2 Å². The maximum Gasteiger partial charge on any atom is 0.252 e. The van der Waals surface area contributed by atoms with Crippen molar-refractivity contribution >= 4 is 35.0 Å². The lowest BCUT2D eigenvalue weighted by molar-refractivity contribution is -0.128. The lowest BCUT2D eigenvalue weighted by atomic mass is 9.82. The molecule has 1 heterocycles. The van der Waals surface area contributed by atoms with E-state index in [1.54, 1.807) is 32.4 Å². The highest BCUT2D eigenvalue weighted by Crippen LogP contribution is 2.45. The third kappa shape index (κ3) is 7.58. The number of carbonyl (C=O) groups is 1. The van der Waals surface area contributed by atoms with Crippen LogP contribution in [0.2, 0.25) is 10.0 Å². The molecule has 1 aliphatic heterocycles. The summed E-state index contributed by atoms with van der Waals surface area (Å²) >= 11 is 13.0. The van der Waals surface area contributed by atoms with Gasteiger partial charge in [0.15, 0.2) is 11.6 Å². The summed E-state index contributed by atoms with van der Waals surface area (Å²) in [6.45, 7) is 0.757. The van der Waals surface area contributed by atoms with E-state index in [-0.39, 0.29) is 18.9 Å². The number of hydrogen-bond donors (Lipinski definition) is 2. The van der Waals surface area contributed by atoms with Crippen LogP contribution in [0.4, 0.5) is 0 Å². The first-order valence-corrected chi connectivity index (χ1v) is 15.7. The minimum atomic E-state index is -1.41. The summed E-state index contributed by atoms with van der Waals surface area (Å²) in [5.41, 5.74) is 1.65. The standard InChI is InChI=1S/C36H36Cl2N2O6/c1-43-29-14-16-32(44-2)26(21-29)17-18-39-35(42)36(23-24-7-4-3-5-8-24)33(30-15-11-27(37)22-31(30)38)46-34(40-36)25-9-12-28(13-10-25)45-20-6-19-41/h3-5,7-16,21-22,33,41H,6,17-20,23H2,1-2H3,(H,39,42)/t33-,36-/m1/s1. The molecular formula is C36H36Cl2N2O6. The van der Waals surface area contributed by atoms with Gasteiger partial charge in [0, 0.05) is 47.2 Å². The summed E-state index contributed by atoms with van der Waals surface area (Å²) in [5.74, 6) is 2.04. The fourth-order valence-electron chi connectivity index (χ4n) is 5.42. The molecule has 0 aliphatic carbocycles. The zero-order valence-corrected chi connectivity index (χ0v) is 27.2. The van der Waals surface area contributed by atoms with Crippen LogP contribution in [0.5, 0.6) is 17.2 Å². The van der Waals surface area contributed by atoms with Crippen LogP contribution in [0.3, 0.4) is 0 Å². The first kappa shape index (κ1) is 33.1. The second kappa shape index (κ2) is 15.4. The average molecular weight is 664 g/mol. The maximum atomic E-state index is 14.5.